The summed E-state index contributed by atoms with van der Waals surface area (Å²) in [7, 11) is -1.84. The van der Waals surface area contributed by atoms with Gasteiger partial charge in [0.1, 0.15) is 6.33 Å². The summed E-state index contributed by atoms with van der Waals surface area (Å²) in [6, 6.07) is 10.1. The first-order chi connectivity index (χ1) is 17.4. The van der Waals surface area contributed by atoms with Crippen molar-refractivity contribution < 1.29 is 4.43 Å². The van der Waals surface area contributed by atoms with Crippen LogP contribution in [0.25, 0.3) is 33.6 Å². The molecule has 1 N–H and O–H groups in total. The van der Waals surface area contributed by atoms with Gasteiger partial charge >= 0.3 is 0 Å². The van der Waals surface area contributed by atoms with E-state index in [4.69, 9.17) is 21.1 Å². The maximum absolute atomic E-state index is 6.81. The Bertz CT molecular complexity index is 1410. The summed E-state index contributed by atoms with van der Waals surface area (Å²) in [5, 5.41) is 5.75. The van der Waals surface area contributed by atoms with Crippen molar-refractivity contribution in [3.63, 3.8) is 0 Å². The van der Waals surface area contributed by atoms with E-state index in [1.54, 1.807) is 12.5 Å². The van der Waals surface area contributed by atoms with Crippen molar-refractivity contribution in [1.82, 2.24) is 24.7 Å². The molecule has 1 aromatic carbocycles. The number of rotatable bonds is 6. The van der Waals surface area contributed by atoms with Crippen molar-refractivity contribution in [3.05, 3.63) is 66.0 Å². The van der Waals surface area contributed by atoms with Crippen LogP contribution in [0.15, 0.2) is 55.2 Å². The van der Waals surface area contributed by atoms with Gasteiger partial charge in [-0.2, -0.15) is 5.10 Å². The molecule has 5 rings (SSSR count). The van der Waals surface area contributed by atoms with Gasteiger partial charge in [-0.15, -0.1) is 0 Å². The van der Waals surface area contributed by atoms with Gasteiger partial charge < -0.3 is 9.41 Å². The smallest absolute Gasteiger partial charge is 0.192 e. The van der Waals surface area contributed by atoms with Gasteiger partial charge in [-0.25, -0.2) is 9.97 Å². The summed E-state index contributed by atoms with van der Waals surface area (Å²) in [6.45, 7) is 16.0. The molecule has 4 aromatic rings. The molecule has 0 bridgehead atoms. The molecule has 6 nitrogen and oxygen atoms in total. The van der Waals surface area contributed by atoms with E-state index in [0.29, 0.717) is 11.1 Å². The van der Waals surface area contributed by atoms with Crippen LogP contribution >= 0.6 is 11.6 Å². The molecule has 0 unspecified atom stereocenters. The fraction of sp³-hybridized carbons (Fsp3) is 0.414. The zero-order valence-electron chi connectivity index (χ0n) is 22.8. The summed E-state index contributed by atoms with van der Waals surface area (Å²) in [5.41, 5.74) is 6.88. The van der Waals surface area contributed by atoms with E-state index < -0.39 is 8.32 Å². The normalized spacial score (nSPS) is 20.2. The third-order valence-electron chi connectivity index (χ3n) is 8.18. The minimum atomic E-state index is -1.84. The molecule has 0 saturated heterocycles. The highest BCUT2D eigenvalue weighted by Crippen LogP contribution is 2.50. The van der Waals surface area contributed by atoms with Gasteiger partial charge in [0.05, 0.1) is 29.2 Å². The topological polar surface area (TPSA) is 68.6 Å². The summed E-state index contributed by atoms with van der Waals surface area (Å²) < 4.78 is 8.99. The SMILES string of the molecule is Cc1c(-c2[nH]cc(-c3ccccc3Cl)c2-c2ccncn2)cnn1C1CC(C)(O[Si](C)(C)C(C)(C)C)C1. The quantitative estimate of drug-likeness (QED) is 0.254. The Labute approximate surface area is 225 Å². The molecular formula is C29H36ClN5OSi. The number of hydrogen-bond acceptors (Lipinski definition) is 4. The van der Waals surface area contributed by atoms with Crippen LogP contribution in [-0.2, 0) is 4.43 Å². The highest BCUT2D eigenvalue weighted by molar-refractivity contribution is 6.74. The Kier molecular flexibility index (Phi) is 6.45. The van der Waals surface area contributed by atoms with Crippen LogP contribution < -0.4 is 0 Å². The van der Waals surface area contributed by atoms with E-state index in [1.165, 1.54) is 0 Å². The fourth-order valence-electron chi connectivity index (χ4n) is 5.23. The van der Waals surface area contributed by atoms with Crippen molar-refractivity contribution in [2.24, 2.45) is 0 Å². The summed E-state index contributed by atoms with van der Waals surface area (Å²) in [5.74, 6) is 0. The Morgan fingerprint density at radius 2 is 1.84 bits per heavy atom. The molecule has 3 heterocycles. The fourth-order valence-corrected chi connectivity index (χ4v) is 7.17. The third kappa shape index (κ3) is 4.69. The van der Waals surface area contributed by atoms with Crippen molar-refractivity contribution in [2.45, 2.75) is 77.2 Å². The van der Waals surface area contributed by atoms with E-state index in [2.05, 4.69) is 67.3 Å². The average molecular weight is 534 g/mol. The van der Waals surface area contributed by atoms with Crippen LogP contribution in [0.1, 0.15) is 52.3 Å². The molecule has 194 valence electrons. The van der Waals surface area contributed by atoms with Gasteiger partial charge in [0.25, 0.3) is 0 Å². The molecule has 1 aliphatic carbocycles. The minimum Gasteiger partial charge on any atom is -0.411 e. The first-order valence-corrected chi connectivity index (χ1v) is 16.2. The van der Waals surface area contributed by atoms with E-state index >= 15 is 0 Å². The molecule has 3 aromatic heterocycles. The summed E-state index contributed by atoms with van der Waals surface area (Å²) >= 11 is 6.61. The Balaban J connectivity index is 1.48. The number of benzene rings is 1. The number of H-pyrrole nitrogens is 1. The van der Waals surface area contributed by atoms with Crippen LogP contribution in [0.5, 0.6) is 0 Å². The molecule has 1 fully saturated rings. The monoisotopic (exact) mass is 533 g/mol. The van der Waals surface area contributed by atoms with Crippen LogP contribution in [0, 0.1) is 6.92 Å². The lowest BCUT2D eigenvalue weighted by Crippen LogP contribution is -2.54. The van der Waals surface area contributed by atoms with Crippen molar-refractivity contribution in [2.75, 3.05) is 0 Å². The molecule has 0 atom stereocenters. The number of nitrogens with zero attached hydrogens (tertiary/aromatic N) is 4. The van der Waals surface area contributed by atoms with E-state index in [0.717, 1.165) is 52.2 Å². The maximum Gasteiger partial charge on any atom is 0.192 e. The molecule has 0 radical (unpaired) electrons. The van der Waals surface area contributed by atoms with Crippen molar-refractivity contribution >= 4 is 19.9 Å². The zero-order valence-corrected chi connectivity index (χ0v) is 24.5. The van der Waals surface area contributed by atoms with Gasteiger partial charge in [-0.1, -0.05) is 50.6 Å². The summed E-state index contributed by atoms with van der Waals surface area (Å²) in [4.78, 5) is 12.2. The maximum atomic E-state index is 6.81. The lowest BCUT2D eigenvalue weighted by Gasteiger charge is -2.52. The van der Waals surface area contributed by atoms with Gasteiger partial charge in [-0.05, 0) is 57.0 Å². The molecule has 0 amide bonds. The lowest BCUT2D eigenvalue weighted by atomic mass is 9.77. The molecule has 1 saturated carbocycles. The molecule has 1 aliphatic rings. The molecule has 0 aliphatic heterocycles. The minimum absolute atomic E-state index is 0.0952. The number of hydrogen-bond donors (Lipinski definition) is 1. The molecule has 8 heteroatoms. The zero-order chi connectivity index (χ0) is 26.6. The Morgan fingerprint density at radius 3 is 2.49 bits per heavy atom. The van der Waals surface area contributed by atoms with Gasteiger partial charge in [0.2, 0.25) is 0 Å². The van der Waals surface area contributed by atoms with Crippen LogP contribution in [0.4, 0.5) is 0 Å². The first kappa shape index (κ1) is 25.9. The number of aromatic nitrogens is 5. The van der Waals surface area contributed by atoms with E-state index in [-0.39, 0.29) is 10.6 Å². The number of nitrogens with one attached hydrogen (secondary N) is 1. The largest absolute Gasteiger partial charge is 0.411 e. The van der Waals surface area contributed by atoms with Crippen LogP contribution in [-0.4, -0.2) is 38.7 Å². The molecular weight excluding hydrogens is 498 g/mol. The predicted molar refractivity (Wildman–Crippen MR) is 153 cm³/mol. The van der Waals surface area contributed by atoms with Gasteiger partial charge in [0.15, 0.2) is 8.32 Å². The second-order valence-electron chi connectivity index (χ2n) is 12.0. The second-order valence-corrected chi connectivity index (χ2v) is 17.1. The lowest BCUT2D eigenvalue weighted by molar-refractivity contribution is -0.0429. The summed E-state index contributed by atoms with van der Waals surface area (Å²) in [6.07, 6.45) is 9.26. The second kappa shape index (κ2) is 9.22. The van der Waals surface area contributed by atoms with E-state index in [9.17, 15) is 0 Å². The van der Waals surface area contributed by atoms with Crippen molar-refractivity contribution in [1.29, 1.82) is 0 Å². The molecule has 37 heavy (non-hydrogen) atoms. The van der Waals surface area contributed by atoms with Crippen molar-refractivity contribution in [3.8, 4) is 33.6 Å². The first-order valence-electron chi connectivity index (χ1n) is 12.9. The average Bonchev–Trinajstić information content (AvgIpc) is 3.40. The Morgan fingerprint density at radius 1 is 1.11 bits per heavy atom. The number of aromatic amines is 1. The third-order valence-corrected chi connectivity index (χ3v) is 13.1. The van der Waals surface area contributed by atoms with Gasteiger partial charge in [0, 0.05) is 45.4 Å². The Hall–Kier alpha value is -2.74. The standard InChI is InChI=1S/C29H36ClN5OSi/c1-19-22(17-34-35(19)20-14-29(5,15-20)36-37(6,7)28(2,3)4)27-26(25-12-13-31-18-33-25)23(16-32-27)21-10-8-9-11-24(21)30/h8-13,16-18,20,32H,14-15H2,1-7H3. The predicted octanol–water partition coefficient (Wildman–Crippen LogP) is 8.08. The molecule has 0 spiro atoms. The van der Waals surface area contributed by atoms with Gasteiger partial charge in [-0.3, -0.25) is 4.68 Å². The van der Waals surface area contributed by atoms with Crippen LogP contribution in [0.2, 0.25) is 23.2 Å². The number of halogens is 1. The highest BCUT2D eigenvalue weighted by atomic mass is 35.5. The highest BCUT2D eigenvalue weighted by Gasteiger charge is 2.49. The van der Waals surface area contributed by atoms with Crippen LogP contribution in [0.3, 0.4) is 0 Å². The van der Waals surface area contributed by atoms with E-state index in [1.807, 2.05) is 42.7 Å².